The molecule has 0 aromatic heterocycles. The first-order chi connectivity index (χ1) is 7.41. The highest BCUT2D eigenvalue weighted by atomic mass is 14.0. The lowest BCUT2D eigenvalue weighted by Gasteiger charge is -1.98. The van der Waals surface area contributed by atoms with E-state index in [0.29, 0.717) is 0 Å². The molecule has 0 aromatic carbocycles. The third kappa shape index (κ3) is 13.1. The minimum atomic E-state index is 1.02. The molecule has 15 heavy (non-hydrogen) atoms. The third-order valence-electron chi connectivity index (χ3n) is 2.43. The zero-order chi connectivity index (χ0) is 11.2. The van der Waals surface area contributed by atoms with Crippen molar-refractivity contribution in [3.8, 4) is 23.7 Å². The maximum absolute atomic E-state index is 3.07. The topological polar surface area (TPSA) is 0 Å². The van der Waals surface area contributed by atoms with Gasteiger partial charge in [-0.15, -0.1) is 0 Å². The molecule has 0 N–H and O–H groups in total. The Balaban J connectivity index is 3.05. The van der Waals surface area contributed by atoms with E-state index in [9.17, 15) is 0 Å². The highest BCUT2D eigenvalue weighted by Crippen LogP contribution is 2.08. The Morgan fingerprint density at radius 3 is 1.93 bits per heavy atom. The third-order valence-corrected chi connectivity index (χ3v) is 2.43. The van der Waals surface area contributed by atoms with Gasteiger partial charge < -0.3 is 0 Å². The molecule has 0 aromatic rings. The molecule has 0 saturated carbocycles. The summed E-state index contributed by atoms with van der Waals surface area (Å²) in [4.78, 5) is 0. The van der Waals surface area contributed by atoms with Crippen molar-refractivity contribution >= 4 is 0 Å². The molecule has 0 aliphatic heterocycles. The van der Waals surface area contributed by atoms with Gasteiger partial charge in [0, 0.05) is 6.42 Å². The first kappa shape index (κ1) is 14.1. The molecule has 0 aliphatic carbocycles. The van der Waals surface area contributed by atoms with Crippen molar-refractivity contribution < 1.29 is 0 Å². The molecule has 0 saturated heterocycles. The van der Waals surface area contributed by atoms with Gasteiger partial charge >= 0.3 is 0 Å². The van der Waals surface area contributed by atoms with Gasteiger partial charge in [0.05, 0.1) is 0 Å². The number of unbranched alkanes of at least 4 members (excludes halogenated alkanes) is 8. The molecular weight excluding hydrogens is 180 g/mol. The molecule has 0 nitrogen and oxygen atoms in total. The monoisotopic (exact) mass is 204 g/mol. The molecular formula is C15H24. The largest absolute Gasteiger partial charge is 0.0925 e. The van der Waals surface area contributed by atoms with Crippen LogP contribution in [-0.2, 0) is 0 Å². The van der Waals surface area contributed by atoms with Crippen LogP contribution in [0, 0.1) is 23.7 Å². The van der Waals surface area contributed by atoms with Crippen LogP contribution in [0.2, 0.25) is 0 Å². The van der Waals surface area contributed by atoms with Crippen molar-refractivity contribution in [3.63, 3.8) is 0 Å². The van der Waals surface area contributed by atoms with E-state index in [1.54, 1.807) is 0 Å². The Morgan fingerprint density at radius 1 is 0.733 bits per heavy atom. The highest BCUT2D eigenvalue weighted by molar-refractivity contribution is 5.24. The Hall–Kier alpha value is -0.880. The summed E-state index contributed by atoms with van der Waals surface area (Å²) in [6.07, 6.45) is 12.0. The van der Waals surface area contributed by atoms with Crippen molar-refractivity contribution in [3.05, 3.63) is 0 Å². The van der Waals surface area contributed by atoms with Crippen LogP contribution >= 0.6 is 0 Å². The van der Waals surface area contributed by atoms with Gasteiger partial charge in [-0.2, -0.15) is 0 Å². The van der Waals surface area contributed by atoms with Gasteiger partial charge in [-0.1, -0.05) is 63.7 Å². The molecule has 0 aliphatic rings. The van der Waals surface area contributed by atoms with E-state index in [4.69, 9.17) is 0 Å². The Kier molecular flexibility index (Phi) is 12.4. The van der Waals surface area contributed by atoms with Crippen molar-refractivity contribution in [2.75, 3.05) is 0 Å². The lowest BCUT2D eigenvalue weighted by Crippen LogP contribution is -1.79. The SMILES string of the molecule is CC#CC#CCCCCCCCCCC. The second-order valence-corrected chi connectivity index (χ2v) is 3.90. The van der Waals surface area contributed by atoms with Crippen LogP contribution < -0.4 is 0 Å². The molecule has 0 unspecified atom stereocenters. The lowest BCUT2D eigenvalue weighted by atomic mass is 10.1. The standard InChI is InChI=1S/C15H24/c1-3-5-7-9-11-13-15-14-12-10-8-6-4-2/h3,5,7,9,11-15H2,1-2H3. The van der Waals surface area contributed by atoms with E-state index < -0.39 is 0 Å². The number of hydrogen-bond donors (Lipinski definition) is 0. The molecule has 0 fully saturated rings. The van der Waals surface area contributed by atoms with Gasteiger partial charge in [0.15, 0.2) is 0 Å². The Bertz CT molecular complexity index is 228. The van der Waals surface area contributed by atoms with E-state index in [1.807, 2.05) is 6.92 Å². The van der Waals surface area contributed by atoms with Crippen LogP contribution in [0.15, 0.2) is 0 Å². The van der Waals surface area contributed by atoms with Gasteiger partial charge in [-0.05, 0) is 25.2 Å². The molecule has 0 heterocycles. The Morgan fingerprint density at radius 2 is 1.33 bits per heavy atom. The van der Waals surface area contributed by atoms with E-state index in [-0.39, 0.29) is 0 Å². The summed E-state index contributed by atoms with van der Waals surface area (Å²) in [5.74, 6) is 11.5. The first-order valence-electron chi connectivity index (χ1n) is 6.31. The van der Waals surface area contributed by atoms with Crippen LogP contribution in [0.4, 0.5) is 0 Å². The molecule has 84 valence electrons. The van der Waals surface area contributed by atoms with Crippen LogP contribution in [-0.4, -0.2) is 0 Å². The van der Waals surface area contributed by atoms with Gasteiger partial charge in [0.25, 0.3) is 0 Å². The smallest absolute Gasteiger partial charge is 0.00989 e. The second kappa shape index (κ2) is 13.1. The zero-order valence-electron chi connectivity index (χ0n) is 10.4. The average molecular weight is 204 g/mol. The van der Waals surface area contributed by atoms with E-state index in [2.05, 4.69) is 30.6 Å². The number of rotatable bonds is 8. The molecule has 0 heteroatoms. The van der Waals surface area contributed by atoms with Crippen LogP contribution in [0.5, 0.6) is 0 Å². The molecule has 0 amide bonds. The molecule has 0 rings (SSSR count). The van der Waals surface area contributed by atoms with Crippen molar-refractivity contribution in [2.24, 2.45) is 0 Å². The predicted molar refractivity (Wildman–Crippen MR) is 68.5 cm³/mol. The molecule has 0 bridgehead atoms. The van der Waals surface area contributed by atoms with Crippen LogP contribution in [0.3, 0.4) is 0 Å². The van der Waals surface area contributed by atoms with Crippen molar-refractivity contribution in [1.82, 2.24) is 0 Å². The van der Waals surface area contributed by atoms with E-state index in [0.717, 1.165) is 6.42 Å². The summed E-state index contributed by atoms with van der Waals surface area (Å²) in [5, 5.41) is 0. The summed E-state index contributed by atoms with van der Waals surface area (Å²) < 4.78 is 0. The summed E-state index contributed by atoms with van der Waals surface area (Å²) in [5.41, 5.74) is 0. The number of hydrogen-bond acceptors (Lipinski definition) is 0. The molecule has 0 atom stereocenters. The minimum absolute atomic E-state index is 1.02. The summed E-state index contributed by atoms with van der Waals surface area (Å²) in [7, 11) is 0. The highest BCUT2D eigenvalue weighted by Gasteiger charge is 1.89. The maximum Gasteiger partial charge on any atom is 0.00989 e. The van der Waals surface area contributed by atoms with Gasteiger partial charge in [-0.25, -0.2) is 0 Å². The molecule has 0 spiro atoms. The fourth-order valence-corrected chi connectivity index (χ4v) is 1.52. The minimum Gasteiger partial charge on any atom is -0.0925 e. The van der Waals surface area contributed by atoms with E-state index in [1.165, 1.54) is 51.4 Å². The first-order valence-corrected chi connectivity index (χ1v) is 6.31. The van der Waals surface area contributed by atoms with E-state index >= 15 is 0 Å². The van der Waals surface area contributed by atoms with Crippen LogP contribution in [0.1, 0.15) is 71.6 Å². The van der Waals surface area contributed by atoms with Crippen molar-refractivity contribution in [2.45, 2.75) is 71.6 Å². The van der Waals surface area contributed by atoms with Crippen molar-refractivity contribution in [1.29, 1.82) is 0 Å². The van der Waals surface area contributed by atoms with Gasteiger partial charge in [0.2, 0.25) is 0 Å². The van der Waals surface area contributed by atoms with Crippen LogP contribution in [0.25, 0.3) is 0 Å². The Labute approximate surface area is 95.8 Å². The van der Waals surface area contributed by atoms with Gasteiger partial charge in [0.1, 0.15) is 0 Å². The second-order valence-electron chi connectivity index (χ2n) is 3.90. The summed E-state index contributed by atoms with van der Waals surface area (Å²) in [6.45, 7) is 4.09. The molecule has 0 radical (unpaired) electrons. The fourth-order valence-electron chi connectivity index (χ4n) is 1.52. The average Bonchev–Trinajstić information content (AvgIpc) is 2.26. The summed E-state index contributed by atoms with van der Waals surface area (Å²) >= 11 is 0. The lowest BCUT2D eigenvalue weighted by molar-refractivity contribution is 0.579. The predicted octanol–water partition coefficient (Wildman–Crippen LogP) is 4.54. The summed E-state index contributed by atoms with van der Waals surface area (Å²) in [6, 6.07) is 0. The quantitative estimate of drug-likeness (QED) is 0.402. The zero-order valence-corrected chi connectivity index (χ0v) is 10.4. The normalized spacial score (nSPS) is 8.67. The fraction of sp³-hybridized carbons (Fsp3) is 0.733. The van der Waals surface area contributed by atoms with Gasteiger partial charge in [-0.3, -0.25) is 0 Å². The maximum atomic E-state index is 3.07.